The molecule has 1 aromatic heterocycles. The summed E-state index contributed by atoms with van der Waals surface area (Å²) in [6, 6.07) is 0. The standard InChI is InChI=1S/C8H8BrF2N2/c9-6-3-12-13(4-7(10)11)8(6)5-1-2-5/h5,7H,1-2,4H2. The van der Waals surface area contributed by atoms with Crippen LogP contribution in [-0.4, -0.2) is 16.2 Å². The van der Waals surface area contributed by atoms with Gasteiger partial charge in [-0.1, -0.05) is 0 Å². The van der Waals surface area contributed by atoms with Crippen molar-refractivity contribution in [1.82, 2.24) is 9.78 Å². The van der Waals surface area contributed by atoms with Crippen LogP contribution in [0.2, 0.25) is 0 Å². The van der Waals surface area contributed by atoms with Gasteiger partial charge in [0, 0.05) is 5.92 Å². The van der Waals surface area contributed by atoms with E-state index in [4.69, 9.17) is 0 Å². The molecule has 0 bridgehead atoms. The summed E-state index contributed by atoms with van der Waals surface area (Å²) in [5, 5.41) is 3.78. The second-order valence-corrected chi connectivity index (χ2v) is 3.95. The van der Waals surface area contributed by atoms with Crippen LogP contribution < -0.4 is 0 Å². The minimum absolute atomic E-state index is 0.325. The molecule has 2 rings (SSSR count). The molecule has 1 aliphatic rings. The van der Waals surface area contributed by atoms with Crippen molar-refractivity contribution in [3.8, 4) is 0 Å². The van der Waals surface area contributed by atoms with Crippen LogP contribution in [0.3, 0.4) is 0 Å². The van der Waals surface area contributed by atoms with Crippen molar-refractivity contribution in [2.75, 3.05) is 0 Å². The zero-order valence-corrected chi connectivity index (χ0v) is 8.39. The van der Waals surface area contributed by atoms with Gasteiger partial charge in [0.25, 0.3) is 6.43 Å². The van der Waals surface area contributed by atoms with E-state index < -0.39 is 6.43 Å². The van der Waals surface area contributed by atoms with Crippen molar-refractivity contribution < 1.29 is 8.78 Å². The van der Waals surface area contributed by atoms with Gasteiger partial charge in [-0.2, -0.15) is 5.10 Å². The van der Waals surface area contributed by atoms with Gasteiger partial charge in [-0.25, -0.2) is 8.78 Å². The summed E-state index contributed by atoms with van der Waals surface area (Å²) in [6.07, 6.45) is 2.45. The summed E-state index contributed by atoms with van der Waals surface area (Å²) in [4.78, 5) is 0. The van der Waals surface area contributed by atoms with Gasteiger partial charge in [-0.3, -0.25) is 4.68 Å². The predicted octanol–water partition coefficient (Wildman–Crippen LogP) is 2.59. The zero-order valence-electron chi connectivity index (χ0n) is 6.80. The number of halogens is 3. The van der Waals surface area contributed by atoms with Crippen LogP contribution in [0.1, 0.15) is 24.5 Å². The van der Waals surface area contributed by atoms with Gasteiger partial charge >= 0.3 is 0 Å². The monoisotopic (exact) mass is 249 g/mol. The third kappa shape index (κ3) is 1.90. The first kappa shape index (κ1) is 9.12. The summed E-state index contributed by atoms with van der Waals surface area (Å²) in [6.45, 7) is -0.325. The fraction of sp³-hybridized carbons (Fsp3) is 0.625. The van der Waals surface area contributed by atoms with E-state index >= 15 is 0 Å². The molecule has 2 nitrogen and oxygen atoms in total. The molecule has 0 aromatic carbocycles. The van der Waals surface area contributed by atoms with Crippen LogP contribution in [0.15, 0.2) is 4.47 Å². The Hall–Kier alpha value is -0.450. The highest BCUT2D eigenvalue weighted by molar-refractivity contribution is 9.10. The minimum Gasteiger partial charge on any atom is -0.262 e. The normalized spacial score (nSPS) is 16.9. The molecule has 71 valence electrons. The molecular weight excluding hydrogens is 242 g/mol. The van der Waals surface area contributed by atoms with Gasteiger partial charge in [0.15, 0.2) is 0 Å². The van der Waals surface area contributed by atoms with E-state index in [1.807, 2.05) is 0 Å². The predicted molar refractivity (Wildman–Crippen MR) is 46.7 cm³/mol. The van der Waals surface area contributed by atoms with E-state index in [1.165, 1.54) is 4.68 Å². The maximum atomic E-state index is 12.1. The highest BCUT2D eigenvalue weighted by Gasteiger charge is 2.30. The Kier molecular flexibility index (Phi) is 2.36. The van der Waals surface area contributed by atoms with Crippen molar-refractivity contribution in [2.45, 2.75) is 31.7 Å². The quantitative estimate of drug-likeness (QED) is 0.806. The first-order valence-corrected chi connectivity index (χ1v) is 4.90. The van der Waals surface area contributed by atoms with Gasteiger partial charge in [-0.05, 0) is 28.8 Å². The smallest absolute Gasteiger partial charge is 0.257 e. The Morgan fingerprint density at radius 2 is 2.31 bits per heavy atom. The van der Waals surface area contributed by atoms with Crippen molar-refractivity contribution >= 4 is 15.9 Å². The Morgan fingerprint density at radius 1 is 1.62 bits per heavy atom. The molecule has 0 unspecified atom stereocenters. The number of aromatic nitrogens is 2. The van der Waals surface area contributed by atoms with E-state index in [9.17, 15) is 8.78 Å². The van der Waals surface area contributed by atoms with E-state index in [0.717, 1.165) is 23.0 Å². The van der Waals surface area contributed by atoms with Gasteiger partial charge in [0.1, 0.15) is 12.7 Å². The lowest BCUT2D eigenvalue weighted by atomic mass is 10.3. The molecular formula is C8H8BrF2N2. The molecule has 0 amide bonds. The molecule has 1 saturated carbocycles. The summed E-state index contributed by atoms with van der Waals surface area (Å²) in [5.41, 5.74) is 0.875. The molecule has 1 aliphatic carbocycles. The molecule has 13 heavy (non-hydrogen) atoms. The lowest BCUT2D eigenvalue weighted by Crippen LogP contribution is -2.10. The molecule has 1 aromatic rings. The third-order valence-electron chi connectivity index (χ3n) is 2.05. The van der Waals surface area contributed by atoms with Gasteiger partial charge in [0.2, 0.25) is 0 Å². The Balaban J connectivity index is 2.23. The van der Waals surface area contributed by atoms with Crippen LogP contribution in [0.25, 0.3) is 0 Å². The molecule has 1 radical (unpaired) electrons. The lowest BCUT2D eigenvalue weighted by molar-refractivity contribution is 0.120. The second kappa shape index (κ2) is 3.36. The highest BCUT2D eigenvalue weighted by atomic mass is 79.9. The molecule has 0 saturated heterocycles. The largest absolute Gasteiger partial charge is 0.262 e. The Morgan fingerprint density at radius 3 is 2.85 bits per heavy atom. The van der Waals surface area contributed by atoms with Crippen molar-refractivity contribution in [3.05, 3.63) is 16.4 Å². The van der Waals surface area contributed by atoms with Gasteiger partial charge in [-0.15, -0.1) is 0 Å². The second-order valence-electron chi connectivity index (χ2n) is 3.16. The summed E-state index contributed by atoms with van der Waals surface area (Å²) in [5.74, 6) is 0.409. The van der Waals surface area contributed by atoms with E-state index in [-0.39, 0.29) is 6.54 Å². The van der Waals surface area contributed by atoms with E-state index in [2.05, 4.69) is 27.2 Å². The number of hydrogen-bond acceptors (Lipinski definition) is 1. The first-order valence-electron chi connectivity index (χ1n) is 4.10. The maximum Gasteiger partial charge on any atom is 0.257 e. The van der Waals surface area contributed by atoms with Crippen molar-refractivity contribution in [2.24, 2.45) is 0 Å². The van der Waals surface area contributed by atoms with E-state index in [1.54, 1.807) is 0 Å². The third-order valence-corrected chi connectivity index (χ3v) is 2.63. The van der Waals surface area contributed by atoms with Gasteiger partial charge in [0.05, 0.1) is 10.2 Å². The van der Waals surface area contributed by atoms with Crippen molar-refractivity contribution in [3.63, 3.8) is 0 Å². The number of alkyl halides is 2. The highest BCUT2D eigenvalue weighted by Crippen LogP contribution is 2.43. The fourth-order valence-electron chi connectivity index (χ4n) is 1.35. The van der Waals surface area contributed by atoms with Crippen LogP contribution in [0, 0.1) is 6.20 Å². The van der Waals surface area contributed by atoms with Crippen LogP contribution in [-0.2, 0) is 6.54 Å². The molecule has 0 atom stereocenters. The maximum absolute atomic E-state index is 12.1. The summed E-state index contributed by atoms with van der Waals surface area (Å²) in [7, 11) is 0. The summed E-state index contributed by atoms with van der Waals surface area (Å²) < 4.78 is 26.3. The minimum atomic E-state index is -2.35. The molecule has 5 heteroatoms. The SMILES string of the molecule is FC(F)Cn1n[c]c(Br)c1C1CC1. The Labute approximate surface area is 83.1 Å². The molecule has 0 spiro atoms. The Bertz CT molecular complexity index is 307. The van der Waals surface area contributed by atoms with Crippen LogP contribution in [0.4, 0.5) is 8.78 Å². The number of nitrogens with zero attached hydrogens (tertiary/aromatic N) is 2. The zero-order chi connectivity index (χ0) is 9.42. The number of rotatable bonds is 3. The molecule has 0 N–H and O–H groups in total. The van der Waals surface area contributed by atoms with E-state index in [0.29, 0.717) is 5.92 Å². The molecule has 0 aliphatic heterocycles. The first-order chi connectivity index (χ1) is 6.18. The van der Waals surface area contributed by atoms with Gasteiger partial charge < -0.3 is 0 Å². The topological polar surface area (TPSA) is 17.8 Å². The fourth-order valence-corrected chi connectivity index (χ4v) is 1.95. The van der Waals surface area contributed by atoms with Crippen LogP contribution >= 0.6 is 15.9 Å². The summed E-state index contributed by atoms with van der Waals surface area (Å²) >= 11 is 3.26. The van der Waals surface area contributed by atoms with Crippen LogP contribution in [0.5, 0.6) is 0 Å². The van der Waals surface area contributed by atoms with Crippen molar-refractivity contribution in [1.29, 1.82) is 0 Å². The lowest BCUT2D eigenvalue weighted by Gasteiger charge is -2.05. The number of hydrogen-bond donors (Lipinski definition) is 0. The average molecular weight is 250 g/mol. The molecule has 1 fully saturated rings. The molecule has 1 heterocycles. The average Bonchev–Trinajstić information content (AvgIpc) is 2.79.